The van der Waals surface area contributed by atoms with Crippen LogP contribution in [0.3, 0.4) is 0 Å². The van der Waals surface area contributed by atoms with Crippen LogP contribution in [-0.4, -0.2) is 37.2 Å². The molecule has 6 nitrogen and oxygen atoms in total. The molecule has 0 aromatic heterocycles. The van der Waals surface area contributed by atoms with E-state index in [0.717, 1.165) is 17.0 Å². The maximum absolute atomic E-state index is 12.2. The molecule has 130 valence electrons. The lowest BCUT2D eigenvalue weighted by Crippen LogP contribution is -2.31. The fourth-order valence-electron chi connectivity index (χ4n) is 2.31. The van der Waals surface area contributed by atoms with Crippen LogP contribution in [0.25, 0.3) is 0 Å². The molecule has 0 saturated carbocycles. The van der Waals surface area contributed by atoms with E-state index in [9.17, 15) is 27.6 Å². The molecule has 1 aliphatic heterocycles. The van der Waals surface area contributed by atoms with Crippen LogP contribution in [0, 0.1) is 0 Å². The van der Waals surface area contributed by atoms with Gasteiger partial charge in [0.25, 0.3) is 11.7 Å². The number of carbonyl (C=O) groups is 3. The molecule has 1 amide bonds. The number of esters is 1. The molecule has 1 aliphatic rings. The lowest BCUT2D eigenvalue weighted by atomic mass is 10.1. The summed E-state index contributed by atoms with van der Waals surface area (Å²) in [6.45, 7) is 1.98. The molecule has 0 saturated heterocycles. The number of halogens is 3. The van der Waals surface area contributed by atoms with Crippen molar-refractivity contribution in [3.05, 3.63) is 23.8 Å². The van der Waals surface area contributed by atoms with Crippen LogP contribution in [0.15, 0.2) is 18.2 Å². The molecule has 0 atom stereocenters. The second kappa shape index (κ2) is 6.90. The van der Waals surface area contributed by atoms with Gasteiger partial charge >= 0.3 is 12.3 Å². The molecule has 0 fully saturated rings. The van der Waals surface area contributed by atoms with Crippen molar-refractivity contribution in [2.75, 3.05) is 18.1 Å². The van der Waals surface area contributed by atoms with Crippen LogP contribution < -0.4 is 9.64 Å². The van der Waals surface area contributed by atoms with Gasteiger partial charge in [0.15, 0.2) is 0 Å². The molecule has 1 aromatic rings. The monoisotopic (exact) mass is 345 g/mol. The van der Waals surface area contributed by atoms with Gasteiger partial charge < -0.3 is 14.4 Å². The highest BCUT2D eigenvalue weighted by Crippen LogP contribution is 2.34. The number of benzene rings is 1. The van der Waals surface area contributed by atoms with E-state index in [1.807, 2.05) is 0 Å². The van der Waals surface area contributed by atoms with Crippen LogP contribution in [0.2, 0.25) is 0 Å². The molecule has 0 bridgehead atoms. The van der Waals surface area contributed by atoms with Crippen LogP contribution in [0.4, 0.5) is 18.9 Å². The Hall–Kier alpha value is -2.58. The average molecular weight is 345 g/mol. The highest BCUT2D eigenvalue weighted by atomic mass is 19.4. The standard InChI is InChI=1S/C15H14F3NO5/c1-2-23-12(20)4-3-7-19-11-6-5-9(24-15(16,17)18)8-10(11)13(21)14(19)22/h5-6,8H,2-4,7H2,1H3. The number of ketones is 1. The third kappa shape index (κ3) is 4.03. The van der Waals surface area contributed by atoms with E-state index in [-0.39, 0.29) is 37.2 Å². The summed E-state index contributed by atoms with van der Waals surface area (Å²) < 4.78 is 45.2. The highest BCUT2D eigenvalue weighted by Gasteiger charge is 2.37. The van der Waals surface area contributed by atoms with Gasteiger partial charge in [-0.15, -0.1) is 13.2 Å². The zero-order valence-electron chi connectivity index (χ0n) is 12.7. The van der Waals surface area contributed by atoms with Gasteiger partial charge in [0, 0.05) is 13.0 Å². The van der Waals surface area contributed by atoms with Crippen molar-refractivity contribution < 1.29 is 37.0 Å². The van der Waals surface area contributed by atoms with Gasteiger partial charge in [-0.1, -0.05) is 0 Å². The fraction of sp³-hybridized carbons (Fsp3) is 0.400. The van der Waals surface area contributed by atoms with Gasteiger partial charge in [-0.25, -0.2) is 0 Å². The lowest BCUT2D eigenvalue weighted by molar-refractivity contribution is -0.274. The number of amides is 1. The topological polar surface area (TPSA) is 72.9 Å². The number of nitrogens with zero attached hydrogens (tertiary/aromatic N) is 1. The minimum Gasteiger partial charge on any atom is -0.466 e. The van der Waals surface area contributed by atoms with Crippen LogP contribution in [0.5, 0.6) is 5.75 Å². The maximum Gasteiger partial charge on any atom is 0.573 e. The average Bonchev–Trinajstić information content (AvgIpc) is 2.71. The van der Waals surface area contributed by atoms with Crippen molar-refractivity contribution in [1.29, 1.82) is 0 Å². The first-order valence-electron chi connectivity index (χ1n) is 7.14. The zero-order chi connectivity index (χ0) is 17.9. The first-order valence-corrected chi connectivity index (χ1v) is 7.14. The summed E-state index contributed by atoms with van der Waals surface area (Å²) in [7, 11) is 0. The highest BCUT2D eigenvalue weighted by molar-refractivity contribution is 6.52. The quantitative estimate of drug-likeness (QED) is 0.585. The molecule has 0 unspecified atom stereocenters. The Labute approximate surface area is 135 Å². The number of hydrogen-bond acceptors (Lipinski definition) is 5. The van der Waals surface area contributed by atoms with Crippen LogP contribution in [0.1, 0.15) is 30.1 Å². The predicted molar refractivity (Wildman–Crippen MR) is 75.7 cm³/mol. The third-order valence-electron chi connectivity index (χ3n) is 3.24. The first-order chi connectivity index (χ1) is 11.2. The Morgan fingerprint density at radius 3 is 2.58 bits per heavy atom. The Morgan fingerprint density at radius 1 is 1.25 bits per heavy atom. The number of carbonyl (C=O) groups excluding carboxylic acids is 3. The SMILES string of the molecule is CCOC(=O)CCCN1C(=O)C(=O)c2cc(OC(F)(F)F)ccc21. The van der Waals surface area contributed by atoms with Gasteiger partial charge in [0.2, 0.25) is 0 Å². The normalized spacial score (nSPS) is 13.9. The van der Waals surface area contributed by atoms with Crippen LogP contribution >= 0.6 is 0 Å². The van der Waals surface area contributed by atoms with Crippen molar-refractivity contribution in [2.24, 2.45) is 0 Å². The summed E-state index contributed by atoms with van der Waals surface area (Å²) in [4.78, 5) is 36.3. The number of anilines is 1. The van der Waals surface area contributed by atoms with Gasteiger partial charge in [-0.3, -0.25) is 14.4 Å². The number of ether oxygens (including phenoxy) is 2. The van der Waals surface area contributed by atoms with E-state index in [4.69, 9.17) is 4.74 Å². The Morgan fingerprint density at radius 2 is 1.96 bits per heavy atom. The van der Waals surface area contributed by atoms with E-state index in [2.05, 4.69) is 4.74 Å². The van der Waals surface area contributed by atoms with Gasteiger partial charge in [0.1, 0.15) is 5.75 Å². The lowest BCUT2D eigenvalue weighted by Gasteiger charge is -2.16. The Balaban J connectivity index is 2.10. The number of rotatable bonds is 6. The number of Topliss-reactive ketones (excluding diaryl/α,β-unsaturated/α-hetero) is 1. The molecule has 0 spiro atoms. The molecule has 9 heteroatoms. The Bertz CT molecular complexity index is 672. The first kappa shape index (κ1) is 17.8. The fourth-order valence-corrected chi connectivity index (χ4v) is 2.31. The molecule has 1 heterocycles. The maximum atomic E-state index is 12.2. The molecule has 24 heavy (non-hydrogen) atoms. The molecule has 0 N–H and O–H groups in total. The summed E-state index contributed by atoms with van der Waals surface area (Å²) in [5.74, 6) is -2.76. The van der Waals surface area contributed by atoms with E-state index in [1.54, 1.807) is 6.92 Å². The third-order valence-corrected chi connectivity index (χ3v) is 3.24. The predicted octanol–water partition coefficient (Wildman–Crippen LogP) is 2.46. The van der Waals surface area contributed by atoms with Crippen molar-refractivity contribution in [3.8, 4) is 5.75 Å². The van der Waals surface area contributed by atoms with Gasteiger partial charge in [0.05, 0.1) is 17.9 Å². The minimum atomic E-state index is -4.89. The van der Waals surface area contributed by atoms with Crippen molar-refractivity contribution in [1.82, 2.24) is 0 Å². The zero-order valence-corrected chi connectivity index (χ0v) is 12.7. The largest absolute Gasteiger partial charge is 0.573 e. The summed E-state index contributed by atoms with van der Waals surface area (Å²) in [6, 6.07) is 3.12. The van der Waals surface area contributed by atoms with E-state index in [0.29, 0.717) is 0 Å². The number of fused-ring (bicyclic) bond motifs is 1. The van der Waals surface area contributed by atoms with E-state index >= 15 is 0 Å². The minimum absolute atomic E-state index is 0.0659. The molecule has 0 radical (unpaired) electrons. The van der Waals surface area contributed by atoms with Crippen molar-refractivity contribution >= 4 is 23.3 Å². The smallest absolute Gasteiger partial charge is 0.466 e. The number of alkyl halides is 3. The van der Waals surface area contributed by atoms with E-state index < -0.39 is 29.8 Å². The second-order valence-electron chi connectivity index (χ2n) is 4.92. The molecule has 2 rings (SSSR count). The second-order valence-corrected chi connectivity index (χ2v) is 4.92. The molecular weight excluding hydrogens is 331 g/mol. The summed E-state index contributed by atoms with van der Waals surface area (Å²) in [5, 5.41) is 0. The molecule has 1 aromatic carbocycles. The van der Waals surface area contributed by atoms with Gasteiger partial charge in [-0.2, -0.15) is 0 Å². The number of hydrogen-bond donors (Lipinski definition) is 0. The Kier molecular flexibility index (Phi) is 5.10. The summed E-state index contributed by atoms with van der Waals surface area (Å²) in [5.41, 5.74) is 0.0428. The van der Waals surface area contributed by atoms with Gasteiger partial charge in [-0.05, 0) is 31.5 Å². The molecule has 0 aliphatic carbocycles. The van der Waals surface area contributed by atoms with Crippen molar-refractivity contribution in [2.45, 2.75) is 26.1 Å². The van der Waals surface area contributed by atoms with Crippen LogP contribution in [-0.2, 0) is 14.3 Å². The summed E-state index contributed by atoms with van der Waals surface area (Å²) in [6.07, 6.45) is -4.56. The summed E-state index contributed by atoms with van der Waals surface area (Å²) >= 11 is 0. The molecular formula is C15H14F3NO5. The van der Waals surface area contributed by atoms with E-state index in [1.165, 1.54) is 6.07 Å². The van der Waals surface area contributed by atoms with Crippen molar-refractivity contribution in [3.63, 3.8) is 0 Å².